The lowest BCUT2D eigenvalue weighted by atomic mass is 10.1. The van der Waals surface area contributed by atoms with Crippen molar-refractivity contribution in [3.05, 3.63) is 0 Å². The summed E-state index contributed by atoms with van der Waals surface area (Å²) >= 11 is 4.78. The van der Waals surface area contributed by atoms with Gasteiger partial charge in [-0.25, -0.2) is 8.42 Å². The van der Waals surface area contributed by atoms with Crippen molar-refractivity contribution >= 4 is 27.2 Å². The molecule has 0 aromatic heterocycles. The van der Waals surface area contributed by atoms with Crippen molar-refractivity contribution in [2.24, 2.45) is 5.73 Å². The second-order valence-corrected chi connectivity index (χ2v) is 7.17. The molecule has 0 aromatic carbocycles. The van der Waals surface area contributed by atoms with E-state index in [0.717, 1.165) is 0 Å². The molecule has 0 amide bonds. The first kappa shape index (κ1) is 16.8. The zero-order valence-corrected chi connectivity index (χ0v) is 12.4. The molecule has 3 N–H and O–H groups in total. The summed E-state index contributed by atoms with van der Waals surface area (Å²) in [7, 11) is -3.59. The maximum Gasteiger partial charge on any atom is 0.223 e. The van der Waals surface area contributed by atoms with Gasteiger partial charge >= 0.3 is 0 Å². The van der Waals surface area contributed by atoms with Crippen LogP contribution in [0.5, 0.6) is 0 Å². The first-order valence-electron chi connectivity index (χ1n) is 5.57. The molecule has 0 saturated carbocycles. The topological polar surface area (TPSA) is 83.6 Å². The zero-order valence-electron chi connectivity index (χ0n) is 10.8. The lowest BCUT2D eigenvalue weighted by molar-refractivity contribution is 0.0600. The quantitative estimate of drug-likeness (QED) is 0.663. The molecular formula is C10H22N2O3S2. The lowest BCUT2D eigenvalue weighted by Gasteiger charge is -2.30. The molecule has 0 radical (unpaired) electrons. The first-order chi connectivity index (χ1) is 7.56. The molecule has 0 bridgehead atoms. The van der Waals surface area contributed by atoms with Crippen LogP contribution in [0.4, 0.5) is 0 Å². The van der Waals surface area contributed by atoms with Crippen molar-refractivity contribution in [1.82, 2.24) is 4.31 Å². The number of likely N-dealkylation sites (N-methyl/N-ethyl adjacent to an activating group) is 1. The highest BCUT2D eigenvalue weighted by atomic mass is 32.2. The minimum Gasteiger partial charge on any atom is -0.392 e. The minimum absolute atomic E-state index is 0.0262. The van der Waals surface area contributed by atoms with Crippen LogP contribution in [-0.4, -0.2) is 46.8 Å². The van der Waals surface area contributed by atoms with Gasteiger partial charge in [-0.1, -0.05) is 26.1 Å². The number of nitrogens with zero attached hydrogens (tertiary/aromatic N) is 1. The Kier molecular flexibility index (Phi) is 6.00. The molecule has 5 nitrogen and oxygen atoms in total. The van der Waals surface area contributed by atoms with Gasteiger partial charge in [0, 0.05) is 13.1 Å². The molecule has 1 unspecified atom stereocenters. The van der Waals surface area contributed by atoms with Gasteiger partial charge < -0.3 is 10.8 Å². The Morgan fingerprint density at radius 3 is 2.18 bits per heavy atom. The third-order valence-electron chi connectivity index (χ3n) is 2.32. The summed E-state index contributed by atoms with van der Waals surface area (Å²) in [6, 6.07) is 0. The summed E-state index contributed by atoms with van der Waals surface area (Å²) in [6.07, 6.45) is 0.333. The van der Waals surface area contributed by atoms with Crippen molar-refractivity contribution in [1.29, 1.82) is 0 Å². The van der Waals surface area contributed by atoms with E-state index in [1.54, 1.807) is 27.7 Å². The van der Waals surface area contributed by atoms with Gasteiger partial charge in [-0.3, -0.25) is 0 Å². The van der Waals surface area contributed by atoms with E-state index in [0.29, 0.717) is 6.42 Å². The smallest absolute Gasteiger partial charge is 0.223 e. The molecule has 0 rings (SSSR count). The molecule has 0 aromatic rings. The monoisotopic (exact) mass is 282 g/mol. The average Bonchev–Trinajstić information content (AvgIpc) is 2.12. The van der Waals surface area contributed by atoms with Crippen LogP contribution in [0.3, 0.4) is 0 Å². The fraction of sp³-hybridized carbons (Fsp3) is 0.900. The summed E-state index contributed by atoms with van der Waals surface area (Å²) in [6.45, 7) is 6.88. The number of aliphatic hydroxyl groups is 1. The highest BCUT2D eigenvalue weighted by molar-refractivity contribution is 7.92. The second kappa shape index (κ2) is 6.08. The van der Waals surface area contributed by atoms with Gasteiger partial charge in [-0.05, 0) is 20.3 Å². The van der Waals surface area contributed by atoms with Gasteiger partial charge in [0.25, 0.3) is 0 Å². The normalized spacial score (nSPS) is 14.9. The highest BCUT2D eigenvalue weighted by Crippen LogP contribution is 2.16. The van der Waals surface area contributed by atoms with Gasteiger partial charge in [0.15, 0.2) is 0 Å². The Bertz CT molecular complexity index is 360. The SMILES string of the molecule is CCC(C(N)=S)S(=O)(=O)N(CC)CC(C)(C)O. The predicted octanol–water partition coefficient (Wildman–Crippen LogP) is 0.474. The van der Waals surface area contributed by atoms with Crippen LogP contribution in [0.1, 0.15) is 34.1 Å². The summed E-state index contributed by atoms with van der Waals surface area (Å²) in [4.78, 5) is -0.0262. The van der Waals surface area contributed by atoms with E-state index in [1.807, 2.05) is 0 Å². The van der Waals surface area contributed by atoms with Crippen LogP contribution >= 0.6 is 12.2 Å². The van der Waals surface area contributed by atoms with Crippen LogP contribution in [0.2, 0.25) is 0 Å². The van der Waals surface area contributed by atoms with Gasteiger partial charge in [0.1, 0.15) is 5.25 Å². The third-order valence-corrected chi connectivity index (χ3v) is 5.17. The number of sulfonamides is 1. The van der Waals surface area contributed by atoms with Crippen LogP contribution in [0, 0.1) is 0 Å². The number of thiocarbonyl (C=S) groups is 1. The molecule has 0 spiro atoms. The summed E-state index contributed by atoms with van der Waals surface area (Å²) in [5, 5.41) is 8.84. The highest BCUT2D eigenvalue weighted by Gasteiger charge is 2.34. The molecule has 102 valence electrons. The molecule has 7 heteroatoms. The molecular weight excluding hydrogens is 260 g/mol. The van der Waals surface area contributed by atoms with Crippen LogP contribution < -0.4 is 5.73 Å². The van der Waals surface area contributed by atoms with Crippen molar-refractivity contribution in [3.8, 4) is 0 Å². The van der Waals surface area contributed by atoms with E-state index in [1.165, 1.54) is 4.31 Å². The minimum atomic E-state index is -3.59. The summed E-state index contributed by atoms with van der Waals surface area (Å²) < 4.78 is 25.7. The van der Waals surface area contributed by atoms with E-state index in [4.69, 9.17) is 18.0 Å². The molecule has 0 aliphatic heterocycles. The Hall–Kier alpha value is -0.240. The number of nitrogens with two attached hydrogens (primary N) is 1. The van der Waals surface area contributed by atoms with Crippen LogP contribution in [-0.2, 0) is 10.0 Å². The second-order valence-electron chi connectivity index (χ2n) is 4.58. The maximum atomic E-state index is 12.3. The number of hydrogen-bond acceptors (Lipinski definition) is 4. The van der Waals surface area contributed by atoms with Crippen molar-refractivity contribution < 1.29 is 13.5 Å². The van der Waals surface area contributed by atoms with Crippen LogP contribution in [0.15, 0.2) is 0 Å². The van der Waals surface area contributed by atoms with Gasteiger partial charge in [0.2, 0.25) is 10.0 Å². The first-order valence-corrected chi connectivity index (χ1v) is 7.48. The van der Waals surface area contributed by atoms with E-state index in [2.05, 4.69) is 0 Å². The third kappa shape index (κ3) is 4.87. The Morgan fingerprint density at radius 1 is 1.47 bits per heavy atom. The Labute approximate surface area is 109 Å². The number of rotatable bonds is 7. The summed E-state index contributed by atoms with van der Waals surface area (Å²) in [5.74, 6) is 0. The lowest BCUT2D eigenvalue weighted by Crippen LogP contribution is -2.48. The molecule has 1 atom stereocenters. The van der Waals surface area contributed by atoms with Gasteiger partial charge in [-0.15, -0.1) is 0 Å². The predicted molar refractivity (Wildman–Crippen MR) is 73.3 cm³/mol. The van der Waals surface area contributed by atoms with Crippen LogP contribution in [0.25, 0.3) is 0 Å². The molecule has 0 fully saturated rings. The zero-order chi connectivity index (χ0) is 13.9. The largest absolute Gasteiger partial charge is 0.392 e. The van der Waals surface area contributed by atoms with Crippen molar-refractivity contribution in [2.75, 3.05) is 13.1 Å². The standard InChI is InChI=1S/C10H22N2O3S2/c1-5-8(9(11)16)17(14,15)12(6-2)7-10(3,4)13/h8,13H,5-7H2,1-4H3,(H2,11,16). The number of hydrogen-bond donors (Lipinski definition) is 2. The fourth-order valence-corrected chi connectivity index (χ4v) is 4.01. The van der Waals surface area contributed by atoms with E-state index in [-0.39, 0.29) is 18.1 Å². The van der Waals surface area contributed by atoms with Crippen molar-refractivity contribution in [3.63, 3.8) is 0 Å². The van der Waals surface area contributed by atoms with Gasteiger partial charge in [0.05, 0.1) is 10.6 Å². The van der Waals surface area contributed by atoms with E-state index in [9.17, 15) is 13.5 Å². The maximum absolute atomic E-state index is 12.3. The average molecular weight is 282 g/mol. The Morgan fingerprint density at radius 2 is 1.94 bits per heavy atom. The molecule has 0 aliphatic rings. The Balaban J connectivity index is 5.18. The van der Waals surface area contributed by atoms with E-state index < -0.39 is 20.9 Å². The molecule has 0 heterocycles. The summed E-state index contributed by atoms with van der Waals surface area (Å²) in [5.41, 5.74) is 4.37. The van der Waals surface area contributed by atoms with Gasteiger partial charge in [-0.2, -0.15) is 4.31 Å². The molecule has 17 heavy (non-hydrogen) atoms. The fourth-order valence-electron chi connectivity index (χ4n) is 1.55. The van der Waals surface area contributed by atoms with E-state index >= 15 is 0 Å². The molecule has 0 aliphatic carbocycles. The van der Waals surface area contributed by atoms with Crippen molar-refractivity contribution in [2.45, 2.75) is 45.0 Å². The molecule has 0 saturated heterocycles.